The first-order valence-corrected chi connectivity index (χ1v) is 13.2. The number of carbonyl (C=O) groups excluding carboxylic acids is 1. The van der Waals surface area contributed by atoms with Gasteiger partial charge in [-0.25, -0.2) is 9.50 Å². The molecule has 0 atom stereocenters. The van der Waals surface area contributed by atoms with E-state index in [1.165, 1.54) is 51.9 Å². The van der Waals surface area contributed by atoms with Crippen molar-refractivity contribution in [3.8, 4) is 11.3 Å². The van der Waals surface area contributed by atoms with Crippen LogP contribution in [-0.4, -0.2) is 49.9 Å². The zero-order chi connectivity index (χ0) is 23.8. The quantitative estimate of drug-likeness (QED) is 0.394. The molecule has 6 nitrogen and oxygen atoms in total. The van der Waals surface area contributed by atoms with Gasteiger partial charge in [-0.05, 0) is 86.6 Å². The molecule has 5 heterocycles. The lowest BCUT2D eigenvalue weighted by atomic mass is 9.60. The van der Waals surface area contributed by atoms with E-state index < -0.39 is 0 Å². The lowest BCUT2D eigenvalue weighted by molar-refractivity contribution is -0.118. The maximum atomic E-state index is 11.6. The lowest BCUT2D eigenvalue weighted by Gasteiger charge is -2.45. The number of Topliss-reactive ketones (excluding diaryl/α,β-unsaturated/α-hetero) is 1. The summed E-state index contributed by atoms with van der Waals surface area (Å²) in [4.78, 5) is 25.0. The van der Waals surface area contributed by atoms with Gasteiger partial charge in [-0.1, -0.05) is 13.8 Å². The molecule has 1 aliphatic carbocycles. The Balaban J connectivity index is 1.33. The smallest absolute Gasteiger partial charge is 0.158 e. The van der Waals surface area contributed by atoms with Crippen LogP contribution in [0.4, 0.5) is 0 Å². The Labute approximate surface area is 204 Å². The number of rotatable bonds is 5. The second-order valence-corrected chi connectivity index (χ2v) is 12.1. The highest BCUT2D eigenvalue weighted by molar-refractivity contribution is 7.19. The van der Waals surface area contributed by atoms with Gasteiger partial charge < -0.3 is 4.98 Å². The molecule has 7 heteroatoms. The van der Waals surface area contributed by atoms with Crippen molar-refractivity contribution in [2.45, 2.75) is 65.7 Å². The Kier molecular flexibility index (Phi) is 5.01. The molecule has 0 bridgehead atoms. The molecule has 1 N–H and O–H groups in total. The molecule has 0 aromatic carbocycles. The summed E-state index contributed by atoms with van der Waals surface area (Å²) in [6.07, 6.45) is 7.48. The highest BCUT2D eigenvalue weighted by Crippen LogP contribution is 2.58. The molecule has 0 amide bonds. The maximum Gasteiger partial charge on any atom is 0.158 e. The van der Waals surface area contributed by atoms with Gasteiger partial charge in [0.05, 0.1) is 12.2 Å². The van der Waals surface area contributed by atoms with E-state index in [-0.39, 0.29) is 5.78 Å². The summed E-state index contributed by atoms with van der Waals surface area (Å²) in [5, 5.41) is 5.81. The van der Waals surface area contributed by atoms with E-state index >= 15 is 0 Å². The topological polar surface area (TPSA) is 66.3 Å². The summed E-state index contributed by atoms with van der Waals surface area (Å²) >= 11 is 1.96. The minimum atomic E-state index is 0.284. The standard InChI is InChI=1S/C27H33N5OS/c1-15(2)21-22-18(5)24(20-9-27(10-20)6-7-31(13-27)11-17(4)33)34-26(22)30-23(21)19-8-16(3)25-28-14-29-32(25)12-19/h8,12,14-15,20,30H,6-7,9-11,13H2,1-5H3/t20-,27-. The molecule has 2 aliphatic rings. The minimum Gasteiger partial charge on any atom is -0.346 e. The molecule has 178 valence electrons. The van der Waals surface area contributed by atoms with Crippen molar-refractivity contribution < 1.29 is 4.79 Å². The third-order valence-corrected chi connectivity index (χ3v) is 9.45. The second kappa shape index (κ2) is 7.75. The van der Waals surface area contributed by atoms with Gasteiger partial charge in [0.15, 0.2) is 5.65 Å². The van der Waals surface area contributed by atoms with Crippen molar-refractivity contribution in [3.05, 3.63) is 40.2 Å². The van der Waals surface area contributed by atoms with Crippen molar-refractivity contribution in [2.24, 2.45) is 5.41 Å². The first kappa shape index (κ1) is 22.0. The third kappa shape index (κ3) is 3.35. The average Bonchev–Trinajstić information content (AvgIpc) is 3.49. The lowest BCUT2D eigenvalue weighted by Crippen LogP contribution is -2.39. The van der Waals surface area contributed by atoms with Crippen LogP contribution in [0.15, 0.2) is 18.6 Å². The van der Waals surface area contributed by atoms with E-state index in [9.17, 15) is 4.79 Å². The minimum absolute atomic E-state index is 0.284. The van der Waals surface area contributed by atoms with E-state index in [1.807, 2.05) is 15.9 Å². The molecule has 4 aromatic rings. The fourth-order valence-corrected chi connectivity index (χ4v) is 7.98. The van der Waals surface area contributed by atoms with Gasteiger partial charge in [0, 0.05) is 28.6 Å². The highest BCUT2D eigenvalue weighted by Gasteiger charge is 2.49. The Bertz CT molecular complexity index is 1420. The number of aryl methyl sites for hydroxylation is 2. The molecule has 0 radical (unpaired) electrons. The van der Waals surface area contributed by atoms with E-state index in [1.54, 1.807) is 18.1 Å². The number of pyridine rings is 1. The van der Waals surface area contributed by atoms with Crippen molar-refractivity contribution in [1.82, 2.24) is 24.5 Å². The molecule has 34 heavy (non-hydrogen) atoms. The Hall–Kier alpha value is -2.51. The Morgan fingerprint density at radius 2 is 2.12 bits per heavy atom. The SMILES string of the molecule is CC(=O)CN1CC[C@]2(C1)C[C@H](c1sc3[nH]c(-c4cc(C)c5ncnn5c4)c(C(C)C)c3c1C)C2. The molecular weight excluding hydrogens is 442 g/mol. The number of hydrogen-bond donors (Lipinski definition) is 1. The molecule has 0 unspecified atom stereocenters. The van der Waals surface area contributed by atoms with Gasteiger partial charge in [-0.15, -0.1) is 11.3 Å². The van der Waals surface area contributed by atoms with Crippen molar-refractivity contribution in [1.29, 1.82) is 0 Å². The van der Waals surface area contributed by atoms with Crippen LogP contribution in [0.1, 0.15) is 73.4 Å². The van der Waals surface area contributed by atoms with E-state index in [0.717, 1.165) is 24.3 Å². The summed E-state index contributed by atoms with van der Waals surface area (Å²) < 4.78 is 1.88. The summed E-state index contributed by atoms with van der Waals surface area (Å²) in [6.45, 7) is 13.5. The van der Waals surface area contributed by atoms with E-state index in [4.69, 9.17) is 0 Å². The van der Waals surface area contributed by atoms with Gasteiger partial charge in [0.25, 0.3) is 0 Å². The third-order valence-electron chi connectivity index (χ3n) is 8.08. The van der Waals surface area contributed by atoms with Crippen LogP contribution in [0, 0.1) is 19.3 Å². The van der Waals surface area contributed by atoms with Crippen LogP contribution in [0.2, 0.25) is 0 Å². The molecule has 1 spiro atoms. The van der Waals surface area contributed by atoms with Gasteiger partial charge in [-0.3, -0.25) is 9.69 Å². The normalized spacial score (nSPS) is 23.1. The average molecular weight is 476 g/mol. The number of thiophene rings is 1. The molecule has 2 fully saturated rings. The van der Waals surface area contributed by atoms with Crippen molar-refractivity contribution >= 4 is 33.0 Å². The fraction of sp³-hybridized carbons (Fsp3) is 0.519. The zero-order valence-electron chi connectivity index (χ0n) is 20.7. The predicted molar refractivity (Wildman–Crippen MR) is 138 cm³/mol. The molecular formula is C27H33N5OS. The van der Waals surface area contributed by atoms with Gasteiger partial charge >= 0.3 is 0 Å². The van der Waals surface area contributed by atoms with Crippen LogP contribution in [-0.2, 0) is 4.79 Å². The van der Waals surface area contributed by atoms with Crippen molar-refractivity contribution in [2.75, 3.05) is 19.6 Å². The fourth-order valence-electron chi connectivity index (χ4n) is 6.66. The number of ketones is 1. The molecule has 1 aliphatic heterocycles. The van der Waals surface area contributed by atoms with Crippen LogP contribution in [0.5, 0.6) is 0 Å². The van der Waals surface area contributed by atoms with Crippen LogP contribution < -0.4 is 0 Å². The number of likely N-dealkylation sites (tertiary alicyclic amines) is 1. The van der Waals surface area contributed by atoms with Crippen LogP contribution in [0.3, 0.4) is 0 Å². The number of fused-ring (bicyclic) bond motifs is 2. The number of aromatic amines is 1. The number of aromatic nitrogens is 4. The van der Waals surface area contributed by atoms with Crippen molar-refractivity contribution in [3.63, 3.8) is 0 Å². The summed E-state index contributed by atoms with van der Waals surface area (Å²) in [5.41, 5.74) is 7.74. The molecule has 1 saturated heterocycles. The van der Waals surface area contributed by atoms with Gasteiger partial charge in [0.1, 0.15) is 16.9 Å². The first-order valence-electron chi connectivity index (χ1n) is 12.4. The summed E-state index contributed by atoms with van der Waals surface area (Å²) in [5.74, 6) is 1.35. The van der Waals surface area contributed by atoms with E-state index in [2.05, 4.69) is 59.9 Å². The predicted octanol–water partition coefficient (Wildman–Crippen LogP) is 5.84. The molecule has 4 aromatic heterocycles. The molecule has 1 saturated carbocycles. The maximum absolute atomic E-state index is 11.6. The summed E-state index contributed by atoms with van der Waals surface area (Å²) in [7, 11) is 0. The van der Waals surface area contributed by atoms with Gasteiger partial charge in [-0.2, -0.15) is 5.10 Å². The molecule has 6 rings (SSSR count). The number of H-pyrrole nitrogens is 1. The number of hydrogen-bond acceptors (Lipinski definition) is 5. The largest absolute Gasteiger partial charge is 0.346 e. The van der Waals surface area contributed by atoms with E-state index in [0.29, 0.717) is 23.8 Å². The Morgan fingerprint density at radius 1 is 1.32 bits per heavy atom. The van der Waals surface area contributed by atoms with Crippen LogP contribution >= 0.6 is 11.3 Å². The number of nitrogens with zero attached hydrogens (tertiary/aromatic N) is 4. The summed E-state index contributed by atoms with van der Waals surface area (Å²) in [6, 6.07) is 2.23. The van der Waals surface area contributed by atoms with Crippen LogP contribution in [0.25, 0.3) is 27.1 Å². The number of nitrogens with one attached hydrogen (secondary N) is 1. The Morgan fingerprint density at radius 3 is 2.85 bits per heavy atom. The second-order valence-electron chi connectivity index (χ2n) is 11.1. The van der Waals surface area contributed by atoms with Gasteiger partial charge in [0.2, 0.25) is 0 Å². The monoisotopic (exact) mass is 475 g/mol. The first-order chi connectivity index (χ1) is 16.2. The zero-order valence-corrected chi connectivity index (χ0v) is 21.6. The number of carbonyl (C=O) groups is 1. The highest BCUT2D eigenvalue weighted by atomic mass is 32.1.